The molecule has 0 radical (unpaired) electrons. The van der Waals surface area contributed by atoms with Crippen LogP contribution < -0.4 is 11.0 Å². The summed E-state index contributed by atoms with van der Waals surface area (Å²) in [4.78, 5) is 38.7. The third-order valence-electron chi connectivity index (χ3n) is 6.73. The molecule has 0 aromatic carbocycles. The monoisotopic (exact) mass is 450 g/mol. The van der Waals surface area contributed by atoms with E-state index in [1.807, 2.05) is 16.7 Å². The molecule has 1 aliphatic rings. The third-order valence-corrected chi connectivity index (χ3v) is 6.73. The largest absolute Gasteiger partial charge is 0.346 e. The fourth-order valence-electron chi connectivity index (χ4n) is 4.75. The lowest BCUT2D eigenvalue weighted by Crippen LogP contribution is -2.48. The van der Waals surface area contributed by atoms with Gasteiger partial charge in [-0.1, -0.05) is 34.6 Å². The van der Waals surface area contributed by atoms with Crippen LogP contribution in [0.5, 0.6) is 0 Å². The van der Waals surface area contributed by atoms with Crippen molar-refractivity contribution in [2.24, 2.45) is 17.9 Å². The van der Waals surface area contributed by atoms with Gasteiger partial charge in [0.15, 0.2) is 5.65 Å². The van der Waals surface area contributed by atoms with Crippen LogP contribution in [-0.4, -0.2) is 36.0 Å². The van der Waals surface area contributed by atoms with Crippen LogP contribution in [0.25, 0.3) is 11.2 Å². The predicted molar refractivity (Wildman–Crippen MR) is 128 cm³/mol. The number of imidazole rings is 1. The second-order valence-electron chi connectivity index (χ2n) is 11.1. The summed E-state index contributed by atoms with van der Waals surface area (Å²) < 4.78 is 3.46. The van der Waals surface area contributed by atoms with Gasteiger partial charge in [-0.3, -0.25) is 13.9 Å². The Morgan fingerprint density at radius 1 is 1.21 bits per heavy atom. The second-order valence-corrected chi connectivity index (χ2v) is 11.1. The van der Waals surface area contributed by atoms with Gasteiger partial charge in [0.1, 0.15) is 0 Å². The van der Waals surface area contributed by atoms with Gasteiger partial charge in [0.2, 0.25) is 5.82 Å². The summed E-state index contributed by atoms with van der Waals surface area (Å²) in [6.07, 6.45) is 5.87. The first kappa shape index (κ1) is 23.1. The zero-order valence-electron chi connectivity index (χ0n) is 20.4. The minimum absolute atomic E-state index is 0.0143. The summed E-state index contributed by atoms with van der Waals surface area (Å²) >= 11 is 0. The van der Waals surface area contributed by atoms with Crippen LogP contribution in [0.3, 0.4) is 0 Å². The Labute approximate surface area is 194 Å². The van der Waals surface area contributed by atoms with E-state index in [1.54, 1.807) is 30.1 Å². The Hall–Kier alpha value is -3.03. The number of hydrogen-bond donors (Lipinski definition) is 1. The van der Waals surface area contributed by atoms with Crippen LogP contribution in [-0.2, 0) is 13.6 Å². The molecule has 1 N–H and O–H groups in total. The molecule has 8 heteroatoms. The van der Waals surface area contributed by atoms with Crippen molar-refractivity contribution in [2.75, 3.05) is 0 Å². The Bertz CT molecular complexity index is 1220. The lowest BCUT2D eigenvalue weighted by atomic mass is 9.68. The van der Waals surface area contributed by atoms with E-state index >= 15 is 0 Å². The standard InChI is InChI=1S/C25H34N6O2/c1-24(2,3)15-31-18-9-8-17(28-21(18)30(6)23(31)33)16-10-11-25(4,5)19(14-16)29-22(32)20-26-12-7-13-27-20/h7-9,12-13,16,19H,10-11,14-15H2,1-6H3,(H,29,32). The van der Waals surface area contributed by atoms with E-state index in [-0.39, 0.29) is 40.2 Å². The quantitative estimate of drug-likeness (QED) is 0.655. The lowest BCUT2D eigenvalue weighted by molar-refractivity contribution is 0.0826. The molecule has 176 valence electrons. The highest BCUT2D eigenvalue weighted by molar-refractivity contribution is 5.90. The van der Waals surface area contributed by atoms with Gasteiger partial charge in [-0.2, -0.15) is 0 Å². The molecular formula is C25H34N6O2. The van der Waals surface area contributed by atoms with Crippen molar-refractivity contribution in [3.63, 3.8) is 0 Å². The van der Waals surface area contributed by atoms with Crippen LogP contribution in [0.4, 0.5) is 0 Å². The molecular weight excluding hydrogens is 416 g/mol. The molecule has 2 unspecified atom stereocenters. The molecule has 0 spiro atoms. The highest BCUT2D eigenvalue weighted by atomic mass is 16.2. The highest BCUT2D eigenvalue weighted by Gasteiger charge is 2.38. The van der Waals surface area contributed by atoms with Crippen molar-refractivity contribution in [3.8, 4) is 0 Å². The number of nitrogens with one attached hydrogen (secondary N) is 1. The molecule has 3 aromatic heterocycles. The number of rotatable bonds is 4. The molecule has 0 aliphatic heterocycles. The Kier molecular flexibility index (Phi) is 5.88. The highest BCUT2D eigenvalue weighted by Crippen LogP contribution is 2.42. The van der Waals surface area contributed by atoms with Gasteiger partial charge in [-0.15, -0.1) is 0 Å². The predicted octanol–water partition coefficient (Wildman–Crippen LogP) is 3.66. The zero-order chi connectivity index (χ0) is 24.0. The number of carbonyl (C=O) groups is 1. The SMILES string of the molecule is Cn1c(=O)n(CC(C)(C)C)c2ccc(C3CCC(C)(C)C(NC(=O)c4ncccn4)C3)nc21. The topological polar surface area (TPSA) is 94.7 Å². The molecule has 4 rings (SSSR count). The number of nitrogens with zero attached hydrogens (tertiary/aromatic N) is 5. The molecule has 1 amide bonds. The van der Waals surface area contributed by atoms with Crippen molar-refractivity contribution in [3.05, 3.63) is 52.6 Å². The van der Waals surface area contributed by atoms with E-state index in [0.29, 0.717) is 12.2 Å². The maximum Gasteiger partial charge on any atom is 0.330 e. The maximum atomic E-state index is 12.9. The van der Waals surface area contributed by atoms with Crippen molar-refractivity contribution in [2.45, 2.75) is 72.4 Å². The Balaban J connectivity index is 1.61. The van der Waals surface area contributed by atoms with E-state index in [9.17, 15) is 9.59 Å². The van der Waals surface area contributed by atoms with Gasteiger partial charge in [-0.25, -0.2) is 19.7 Å². The maximum absolute atomic E-state index is 12.9. The van der Waals surface area contributed by atoms with Crippen molar-refractivity contribution >= 4 is 17.1 Å². The number of pyridine rings is 1. The summed E-state index contributed by atoms with van der Waals surface area (Å²) in [6.45, 7) is 11.4. The molecule has 1 fully saturated rings. The van der Waals surface area contributed by atoms with E-state index in [1.165, 1.54) is 0 Å². The second kappa shape index (κ2) is 8.39. The van der Waals surface area contributed by atoms with E-state index in [2.05, 4.69) is 49.9 Å². The molecule has 3 aromatic rings. The summed E-state index contributed by atoms with van der Waals surface area (Å²) in [6, 6.07) is 5.74. The smallest absolute Gasteiger partial charge is 0.330 e. The van der Waals surface area contributed by atoms with Crippen molar-refractivity contribution in [1.82, 2.24) is 29.4 Å². The molecule has 0 saturated heterocycles. The van der Waals surface area contributed by atoms with Crippen LogP contribution >= 0.6 is 0 Å². The first-order valence-corrected chi connectivity index (χ1v) is 11.6. The Morgan fingerprint density at radius 2 is 1.91 bits per heavy atom. The molecule has 2 atom stereocenters. The average molecular weight is 451 g/mol. The van der Waals surface area contributed by atoms with E-state index in [0.717, 1.165) is 30.5 Å². The van der Waals surface area contributed by atoms with Gasteiger partial charge in [0.05, 0.1) is 5.52 Å². The van der Waals surface area contributed by atoms with Crippen molar-refractivity contribution in [1.29, 1.82) is 0 Å². The number of carbonyl (C=O) groups excluding carboxylic acids is 1. The van der Waals surface area contributed by atoms with Gasteiger partial charge >= 0.3 is 5.69 Å². The van der Waals surface area contributed by atoms with Crippen LogP contribution in [0.1, 0.15) is 76.1 Å². The first-order valence-electron chi connectivity index (χ1n) is 11.6. The number of hydrogen-bond acceptors (Lipinski definition) is 5. The average Bonchev–Trinajstić information content (AvgIpc) is 2.99. The minimum atomic E-state index is -0.251. The fourth-order valence-corrected chi connectivity index (χ4v) is 4.75. The Morgan fingerprint density at radius 3 is 2.58 bits per heavy atom. The molecule has 0 bridgehead atoms. The molecule has 1 saturated carbocycles. The van der Waals surface area contributed by atoms with Gasteiger partial charge in [0, 0.05) is 43.6 Å². The summed E-state index contributed by atoms with van der Waals surface area (Å²) in [7, 11) is 1.79. The van der Waals surface area contributed by atoms with E-state index in [4.69, 9.17) is 4.98 Å². The van der Waals surface area contributed by atoms with Gasteiger partial charge in [-0.05, 0) is 48.3 Å². The third kappa shape index (κ3) is 4.70. The first-order chi connectivity index (χ1) is 15.5. The molecule has 33 heavy (non-hydrogen) atoms. The number of aromatic nitrogens is 5. The summed E-state index contributed by atoms with van der Waals surface area (Å²) in [5.74, 6) is 0.134. The normalized spacial score (nSPS) is 20.7. The summed E-state index contributed by atoms with van der Waals surface area (Å²) in [5, 5.41) is 3.16. The van der Waals surface area contributed by atoms with Gasteiger partial charge in [0.25, 0.3) is 5.91 Å². The van der Waals surface area contributed by atoms with Gasteiger partial charge < -0.3 is 5.32 Å². The van der Waals surface area contributed by atoms with E-state index < -0.39 is 0 Å². The number of fused-ring (bicyclic) bond motifs is 1. The number of aryl methyl sites for hydroxylation is 1. The number of amides is 1. The van der Waals surface area contributed by atoms with Crippen molar-refractivity contribution < 1.29 is 4.79 Å². The van der Waals surface area contributed by atoms with Crippen LogP contribution in [0, 0.1) is 10.8 Å². The summed E-state index contributed by atoms with van der Waals surface area (Å²) in [5.41, 5.74) is 2.44. The van der Waals surface area contributed by atoms with Crippen LogP contribution in [0.2, 0.25) is 0 Å². The van der Waals surface area contributed by atoms with Crippen LogP contribution in [0.15, 0.2) is 35.4 Å². The molecule has 1 aliphatic carbocycles. The molecule has 8 nitrogen and oxygen atoms in total. The fraction of sp³-hybridized carbons (Fsp3) is 0.560. The lowest BCUT2D eigenvalue weighted by Gasteiger charge is -2.42. The minimum Gasteiger partial charge on any atom is -0.346 e. The molecule has 3 heterocycles. The zero-order valence-corrected chi connectivity index (χ0v) is 20.4.